The predicted molar refractivity (Wildman–Crippen MR) is 69.0 cm³/mol. The van der Waals surface area contributed by atoms with Gasteiger partial charge in [0.2, 0.25) is 0 Å². The fraction of sp³-hybridized carbons (Fsp3) is 0.357. The summed E-state index contributed by atoms with van der Waals surface area (Å²) in [7, 11) is 0. The molecule has 0 aliphatic carbocycles. The molecule has 0 fully saturated rings. The second-order valence-electron chi connectivity index (χ2n) is 4.34. The van der Waals surface area contributed by atoms with Crippen molar-refractivity contribution in [2.45, 2.75) is 26.8 Å². The van der Waals surface area contributed by atoms with Crippen molar-refractivity contribution in [1.82, 2.24) is 5.32 Å². The van der Waals surface area contributed by atoms with Gasteiger partial charge in [-0.15, -0.1) is 0 Å². The first kappa shape index (κ1) is 13.5. The summed E-state index contributed by atoms with van der Waals surface area (Å²) in [4.78, 5) is 10.5. The average Bonchev–Trinajstić information content (AvgIpc) is 2.26. The van der Waals surface area contributed by atoms with Crippen LogP contribution in [0.2, 0.25) is 0 Å². The molecular formula is C14H19NO2. The number of hydrogen-bond donors (Lipinski definition) is 2. The van der Waals surface area contributed by atoms with Crippen LogP contribution in [-0.2, 0) is 4.79 Å². The van der Waals surface area contributed by atoms with Crippen molar-refractivity contribution in [2.24, 2.45) is 0 Å². The molecular weight excluding hydrogens is 214 g/mol. The van der Waals surface area contributed by atoms with E-state index in [9.17, 15) is 4.79 Å². The molecule has 1 aromatic rings. The zero-order valence-electron chi connectivity index (χ0n) is 10.5. The molecule has 92 valence electrons. The van der Waals surface area contributed by atoms with E-state index in [1.54, 1.807) is 0 Å². The maximum atomic E-state index is 10.5. The van der Waals surface area contributed by atoms with Gasteiger partial charge in [0, 0.05) is 18.7 Å². The van der Waals surface area contributed by atoms with E-state index in [0.717, 1.165) is 5.57 Å². The number of rotatable bonds is 5. The molecule has 0 bridgehead atoms. The van der Waals surface area contributed by atoms with E-state index in [-0.39, 0.29) is 6.04 Å². The molecule has 0 radical (unpaired) electrons. The molecule has 0 aromatic heterocycles. The van der Waals surface area contributed by atoms with Crippen LogP contribution in [0.5, 0.6) is 0 Å². The van der Waals surface area contributed by atoms with Crippen LogP contribution >= 0.6 is 0 Å². The van der Waals surface area contributed by atoms with Crippen LogP contribution in [0, 0.1) is 6.92 Å². The van der Waals surface area contributed by atoms with Gasteiger partial charge in [0.25, 0.3) is 0 Å². The Bertz CT molecular complexity index is 407. The van der Waals surface area contributed by atoms with E-state index >= 15 is 0 Å². The zero-order valence-corrected chi connectivity index (χ0v) is 10.5. The summed E-state index contributed by atoms with van der Waals surface area (Å²) in [5, 5.41) is 11.9. The third-order valence-corrected chi connectivity index (χ3v) is 2.63. The minimum absolute atomic E-state index is 0.216. The Morgan fingerprint density at radius 1 is 1.41 bits per heavy atom. The predicted octanol–water partition coefficient (Wildman–Crippen LogP) is 2.68. The van der Waals surface area contributed by atoms with Crippen molar-refractivity contribution >= 4 is 5.97 Å². The normalized spacial score (nSPS) is 13.5. The molecule has 3 nitrogen and oxygen atoms in total. The number of carboxylic acids is 1. The lowest BCUT2D eigenvalue weighted by atomic mass is 10.1. The molecule has 0 amide bonds. The molecule has 1 rings (SSSR count). The highest BCUT2D eigenvalue weighted by Gasteiger charge is 2.04. The van der Waals surface area contributed by atoms with E-state index < -0.39 is 5.97 Å². The van der Waals surface area contributed by atoms with Crippen LogP contribution in [-0.4, -0.2) is 17.6 Å². The second kappa shape index (κ2) is 6.21. The molecule has 0 aliphatic rings. The molecule has 2 N–H and O–H groups in total. The fourth-order valence-electron chi connectivity index (χ4n) is 1.55. The molecule has 0 saturated heterocycles. The summed E-state index contributed by atoms with van der Waals surface area (Å²) in [6.45, 7) is 6.52. The lowest BCUT2D eigenvalue weighted by Gasteiger charge is -2.14. The molecule has 3 heteroatoms. The molecule has 1 atom stereocenters. The number of aliphatic carboxylic acids is 1. The average molecular weight is 233 g/mol. The lowest BCUT2D eigenvalue weighted by Crippen LogP contribution is -2.20. The number of benzene rings is 1. The topological polar surface area (TPSA) is 49.3 Å². The van der Waals surface area contributed by atoms with Gasteiger partial charge in [-0.1, -0.05) is 35.4 Å². The summed E-state index contributed by atoms with van der Waals surface area (Å²) in [5.74, 6) is -0.896. The van der Waals surface area contributed by atoms with Gasteiger partial charge in [-0.05, 0) is 26.3 Å². The summed E-state index contributed by atoms with van der Waals surface area (Å²) >= 11 is 0. The third kappa shape index (κ3) is 4.83. The molecule has 17 heavy (non-hydrogen) atoms. The van der Waals surface area contributed by atoms with Gasteiger partial charge in [0.15, 0.2) is 0 Å². The maximum Gasteiger partial charge on any atom is 0.328 e. The maximum absolute atomic E-state index is 10.5. The van der Waals surface area contributed by atoms with Crippen LogP contribution in [0.25, 0.3) is 0 Å². The number of aryl methyl sites for hydroxylation is 1. The van der Waals surface area contributed by atoms with Crippen molar-refractivity contribution in [3.8, 4) is 0 Å². The smallest absolute Gasteiger partial charge is 0.328 e. The van der Waals surface area contributed by atoms with Gasteiger partial charge >= 0.3 is 5.97 Å². The Labute approximate surface area is 102 Å². The summed E-state index contributed by atoms with van der Waals surface area (Å²) in [6, 6.07) is 8.54. The molecule has 0 spiro atoms. The van der Waals surface area contributed by atoms with E-state index in [4.69, 9.17) is 5.11 Å². The van der Waals surface area contributed by atoms with Gasteiger partial charge in [-0.2, -0.15) is 0 Å². The van der Waals surface area contributed by atoms with Crippen molar-refractivity contribution in [3.63, 3.8) is 0 Å². The van der Waals surface area contributed by atoms with Crippen molar-refractivity contribution in [3.05, 3.63) is 47.0 Å². The first-order chi connectivity index (χ1) is 7.99. The number of carbonyl (C=O) groups is 1. The fourth-order valence-corrected chi connectivity index (χ4v) is 1.55. The Balaban J connectivity index is 2.52. The Morgan fingerprint density at radius 3 is 2.53 bits per heavy atom. The standard InChI is InChI=1S/C14H19NO2/c1-10-4-6-13(7-5-10)12(3)15-9-11(2)8-14(16)17/h4-8,12,15H,9H2,1-3H3,(H,16,17)/b11-8+/t12-/m0/s1. The molecule has 0 unspecified atom stereocenters. The Morgan fingerprint density at radius 2 is 2.00 bits per heavy atom. The van der Waals surface area contributed by atoms with Gasteiger partial charge < -0.3 is 10.4 Å². The Hall–Kier alpha value is -1.61. The monoisotopic (exact) mass is 233 g/mol. The second-order valence-corrected chi connectivity index (χ2v) is 4.34. The summed E-state index contributed by atoms with van der Waals surface area (Å²) in [5.41, 5.74) is 3.26. The highest BCUT2D eigenvalue weighted by atomic mass is 16.4. The van der Waals surface area contributed by atoms with Crippen molar-refractivity contribution in [1.29, 1.82) is 0 Å². The molecule has 0 saturated carbocycles. The first-order valence-electron chi connectivity index (χ1n) is 5.69. The highest BCUT2D eigenvalue weighted by molar-refractivity contribution is 5.80. The van der Waals surface area contributed by atoms with Crippen LogP contribution in [0.1, 0.15) is 31.0 Å². The quantitative estimate of drug-likeness (QED) is 0.769. The van der Waals surface area contributed by atoms with E-state index in [1.807, 2.05) is 6.92 Å². The molecule has 0 aliphatic heterocycles. The number of nitrogens with one attached hydrogen (secondary N) is 1. The molecule has 0 heterocycles. The van der Waals surface area contributed by atoms with Crippen LogP contribution < -0.4 is 5.32 Å². The van der Waals surface area contributed by atoms with Gasteiger partial charge in [-0.3, -0.25) is 0 Å². The lowest BCUT2D eigenvalue weighted by molar-refractivity contribution is -0.131. The minimum atomic E-state index is -0.896. The van der Waals surface area contributed by atoms with Crippen LogP contribution in [0.4, 0.5) is 0 Å². The number of carboxylic acid groups (broad SMARTS) is 1. The molecule has 1 aromatic carbocycles. The number of hydrogen-bond acceptors (Lipinski definition) is 2. The SMILES string of the molecule is C/C(=C\C(=O)O)CN[C@@H](C)c1ccc(C)cc1. The van der Waals surface area contributed by atoms with E-state index in [0.29, 0.717) is 6.54 Å². The van der Waals surface area contributed by atoms with Crippen LogP contribution in [0.3, 0.4) is 0 Å². The third-order valence-electron chi connectivity index (χ3n) is 2.63. The van der Waals surface area contributed by atoms with Crippen molar-refractivity contribution in [2.75, 3.05) is 6.54 Å². The van der Waals surface area contributed by atoms with E-state index in [2.05, 4.69) is 43.4 Å². The summed E-state index contributed by atoms with van der Waals surface area (Å²) in [6.07, 6.45) is 1.23. The minimum Gasteiger partial charge on any atom is -0.478 e. The first-order valence-corrected chi connectivity index (χ1v) is 5.69. The zero-order chi connectivity index (χ0) is 12.8. The highest BCUT2D eigenvalue weighted by Crippen LogP contribution is 2.13. The van der Waals surface area contributed by atoms with Crippen molar-refractivity contribution < 1.29 is 9.90 Å². The Kier molecular flexibility index (Phi) is 4.91. The van der Waals surface area contributed by atoms with Gasteiger partial charge in [0.05, 0.1) is 0 Å². The largest absolute Gasteiger partial charge is 0.478 e. The van der Waals surface area contributed by atoms with Gasteiger partial charge in [0.1, 0.15) is 0 Å². The van der Waals surface area contributed by atoms with Gasteiger partial charge in [-0.25, -0.2) is 4.79 Å². The summed E-state index contributed by atoms with van der Waals surface area (Å²) < 4.78 is 0. The van der Waals surface area contributed by atoms with Crippen LogP contribution in [0.15, 0.2) is 35.9 Å². The van der Waals surface area contributed by atoms with E-state index in [1.165, 1.54) is 17.2 Å².